The van der Waals surface area contributed by atoms with Crippen molar-refractivity contribution in [1.82, 2.24) is 4.90 Å². The molecule has 2 rings (SSSR count). The molecule has 1 aliphatic heterocycles. The van der Waals surface area contributed by atoms with Crippen LogP contribution in [0.1, 0.15) is 45.4 Å². The van der Waals surface area contributed by atoms with Gasteiger partial charge >= 0.3 is 0 Å². The van der Waals surface area contributed by atoms with Crippen LogP contribution in [-0.4, -0.2) is 28.9 Å². The minimum absolute atomic E-state index is 0.201. The van der Waals surface area contributed by atoms with Crippen LogP contribution in [0.4, 0.5) is 0 Å². The van der Waals surface area contributed by atoms with Crippen molar-refractivity contribution in [3.63, 3.8) is 0 Å². The summed E-state index contributed by atoms with van der Waals surface area (Å²) in [6.07, 6.45) is 6.56. The summed E-state index contributed by atoms with van der Waals surface area (Å²) in [6.45, 7) is 3.06. The molecule has 0 aromatic heterocycles. The van der Waals surface area contributed by atoms with Crippen LogP contribution in [0, 0.1) is 0 Å². The Morgan fingerprint density at radius 2 is 2.07 bits per heavy atom. The molecule has 0 bridgehead atoms. The Labute approximate surface area is 85.6 Å². The first-order valence-corrected chi connectivity index (χ1v) is 5.73. The number of carbonyl (C=O) groups excluding carboxylic acids is 1. The number of hydrogen-bond acceptors (Lipinski definition) is 2. The van der Waals surface area contributed by atoms with E-state index in [0.29, 0.717) is 6.04 Å². The third kappa shape index (κ3) is 1.78. The van der Waals surface area contributed by atoms with E-state index in [2.05, 4.69) is 6.92 Å². The number of amides is 1. The van der Waals surface area contributed by atoms with Crippen LogP contribution in [0.15, 0.2) is 0 Å². The molecule has 0 radical (unpaired) electrons. The fourth-order valence-corrected chi connectivity index (χ4v) is 2.21. The van der Waals surface area contributed by atoms with Gasteiger partial charge < -0.3 is 10.6 Å². The van der Waals surface area contributed by atoms with Crippen LogP contribution in [0.2, 0.25) is 0 Å². The molecule has 1 atom stereocenters. The van der Waals surface area contributed by atoms with Crippen LogP contribution in [0.25, 0.3) is 0 Å². The lowest BCUT2D eigenvalue weighted by molar-refractivity contribution is -0.135. The summed E-state index contributed by atoms with van der Waals surface area (Å²) < 4.78 is 0. The molecule has 0 aromatic rings. The summed E-state index contributed by atoms with van der Waals surface area (Å²) in [5, 5.41) is 0. The van der Waals surface area contributed by atoms with Gasteiger partial charge in [0.2, 0.25) is 5.91 Å². The molecule has 14 heavy (non-hydrogen) atoms. The lowest BCUT2D eigenvalue weighted by Gasteiger charge is -2.29. The Hall–Kier alpha value is -0.570. The van der Waals surface area contributed by atoms with Crippen molar-refractivity contribution >= 4 is 5.91 Å². The predicted octanol–water partition coefficient (Wildman–Crippen LogP) is 1.27. The highest BCUT2D eigenvalue weighted by atomic mass is 16.2. The molecule has 1 saturated carbocycles. The third-order valence-electron chi connectivity index (χ3n) is 3.53. The van der Waals surface area contributed by atoms with Gasteiger partial charge in [0.05, 0.1) is 5.54 Å². The number of carbonyl (C=O) groups is 1. The third-order valence-corrected chi connectivity index (χ3v) is 3.53. The monoisotopic (exact) mass is 196 g/mol. The van der Waals surface area contributed by atoms with Gasteiger partial charge in [0.25, 0.3) is 0 Å². The summed E-state index contributed by atoms with van der Waals surface area (Å²) in [5.41, 5.74) is 5.47. The van der Waals surface area contributed by atoms with E-state index in [1.807, 2.05) is 4.90 Å². The maximum Gasteiger partial charge on any atom is 0.242 e. The fraction of sp³-hybridized carbons (Fsp3) is 0.909. The molecular weight excluding hydrogens is 176 g/mol. The van der Waals surface area contributed by atoms with Gasteiger partial charge in [0.15, 0.2) is 0 Å². The lowest BCUT2D eigenvalue weighted by atomic mass is 10.1. The van der Waals surface area contributed by atoms with E-state index in [1.165, 1.54) is 12.8 Å². The highest BCUT2D eigenvalue weighted by molar-refractivity contribution is 5.89. The second-order valence-electron chi connectivity index (χ2n) is 4.85. The van der Waals surface area contributed by atoms with Crippen molar-refractivity contribution in [2.75, 3.05) is 6.54 Å². The minimum Gasteiger partial charge on any atom is -0.338 e. The van der Waals surface area contributed by atoms with E-state index in [4.69, 9.17) is 5.73 Å². The molecular formula is C11H20N2O. The van der Waals surface area contributed by atoms with Gasteiger partial charge in [-0.3, -0.25) is 4.79 Å². The van der Waals surface area contributed by atoms with Gasteiger partial charge in [-0.2, -0.15) is 0 Å². The standard InChI is InChI=1S/C11H20N2O/c1-9-5-3-2-4-8-13(9)10(14)11(12)6-7-11/h9H,2-8,12H2,1H3. The molecule has 80 valence electrons. The number of rotatable bonds is 1. The van der Waals surface area contributed by atoms with Gasteiger partial charge in [-0.1, -0.05) is 12.8 Å². The van der Waals surface area contributed by atoms with E-state index >= 15 is 0 Å². The molecule has 2 N–H and O–H groups in total. The second kappa shape index (κ2) is 3.54. The van der Waals surface area contributed by atoms with Crippen molar-refractivity contribution < 1.29 is 4.79 Å². The van der Waals surface area contributed by atoms with E-state index in [9.17, 15) is 4.79 Å². The van der Waals surface area contributed by atoms with Gasteiger partial charge in [0.1, 0.15) is 0 Å². The molecule has 1 heterocycles. The predicted molar refractivity (Wildman–Crippen MR) is 55.8 cm³/mol. The van der Waals surface area contributed by atoms with Crippen LogP contribution in [0.3, 0.4) is 0 Å². The smallest absolute Gasteiger partial charge is 0.242 e. The Bertz CT molecular complexity index is 235. The molecule has 0 aromatic carbocycles. The summed E-state index contributed by atoms with van der Waals surface area (Å²) in [5.74, 6) is 0.201. The average molecular weight is 196 g/mol. The topological polar surface area (TPSA) is 46.3 Å². The maximum absolute atomic E-state index is 12.0. The molecule has 1 amide bonds. The average Bonchev–Trinajstić information content (AvgIpc) is 2.91. The first-order chi connectivity index (χ1) is 6.63. The van der Waals surface area contributed by atoms with E-state index in [0.717, 1.165) is 32.2 Å². The van der Waals surface area contributed by atoms with Crippen molar-refractivity contribution in [3.05, 3.63) is 0 Å². The zero-order valence-electron chi connectivity index (χ0n) is 8.96. The Kier molecular flexibility index (Phi) is 2.52. The highest BCUT2D eigenvalue weighted by Gasteiger charge is 2.48. The minimum atomic E-state index is -0.474. The Balaban J connectivity index is 2.03. The highest BCUT2D eigenvalue weighted by Crippen LogP contribution is 2.35. The van der Waals surface area contributed by atoms with E-state index in [1.54, 1.807) is 0 Å². The molecule has 1 saturated heterocycles. The Morgan fingerprint density at radius 1 is 1.36 bits per heavy atom. The van der Waals surface area contributed by atoms with Gasteiger partial charge in [-0.25, -0.2) is 0 Å². The van der Waals surface area contributed by atoms with E-state index < -0.39 is 5.54 Å². The maximum atomic E-state index is 12.0. The molecule has 3 heteroatoms. The van der Waals surface area contributed by atoms with Crippen molar-refractivity contribution in [3.8, 4) is 0 Å². The van der Waals surface area contributed by atoms with Crippen LogP contribution in [0.5, 0.6) is 0 Å². The van der Waals surface area contributed by atoms with Gasteiger partial charge in [0, 0.05) is 12.6 Å². The van der Waals surface area contributed by atoms with Crippen molar-refractivity contribution in [1.29, 1.82) is 0 Å². The quantitative estimate of drug-likeness (QED) is 0.686. The number of nitrogens with two attached hydrogens (primary N) is 1. The first-order valence-electron chi connectivity index (χ1n) is 5.73. The summed E-state index contributed by atoms with van der Waals surface area (Å²) in [4.78, 5) is 14.1. The first kappa shape index (κ1) is 9.97. The molecule has 1 aliphatic carbocycles. The van der Waals surface area contributed by atoms with Gasteiger partial charge in [-0.15, -0.1) is 0 Å². The normalized spacial score (nSPS) is 31.0. The molecule has 2 fully saturated rings. The van der Waals surface area contributed by atoms with Crippen LogP contribution in [-0.2, 0) is 4.79 Å². The summed E-state index contributed by atoms with van der Waals surface area (Å²) >= 11 is 0. The number of nitrogens with zero attached hydrogens (tertiary/aromatic N) is 1. The Morgan fingerprint density at radius 3 is 2.71 bits per heavy atom. The molecule has 1 unspecified atom stereocenters. The largest absolute Gasteiger partial charge is 0.338 e. The second-order valence-corrected chi connectivity index (χ2v) is 4.85. The number of likely N-dealkylation sites (tertiary alicyclic amines) is 1. The fourth-order valence-electron chi connectivity index (χ4n) is 2.21. The van der Waals surface area contributed by atoms with Gasteiger partial charge in [-0.05, 0) is 32.6 Å². The van der Waals surface area contributed by atoms with Crippen molar-refractivity contribution in [2.24, 2.45) is 5.73 Å². The van der Waals surface area contributed by atoms with E-state index in [-0.39, 0.29) is 5.91 Å². The van der Waals surface area contributed by atoms with Crippen LogP contribution < -0.4 is 5.73 Å². The summed E-state index contributed by atoms with van der Waals surface area (Å²) in [6, 6.07) is 0.394. The molecule has 0 spiro atoms. The van der Waals surface area contributed by atoms with Crippen molar-refractivity contribution in [2.45, 2.75) is 57.0 Å². The molecule has 2 aliphatic rings. The number of hydrogen-bond donors (Lipinski definition) is 1. The summed E-state index contributed by atoms with van der Waals surface area (Å²) in [7, 11) is 0. The molecule has 3 nitrogen and oxygen atoms in total. The zero-order valence-corrected chi connectivity index (χ0v) is 8.96. The zero-order chi connectivity index (χ0) is 10.2. The van der Waals surface area contributed by atoms with Crippen LogP contribution >= 0.6 is 0 Å². The lowest BCUT2D eigenvalue weighted by Crippen LogP contribution is -2.49. The SMILES string of the molecule is CC1CCCCCN1C(=O)C1(N)CC1.